The van der Waals surface area contributed by atoms with Crippen molar-refractivity contribution >= 4 is 63.0 Å². The first-order valence-corrected chi connectivity index (χ1v) is 11.6. The molecule has 0 spiro atoms. The van der Waals surface area contributed by atoms with Crippen molar-refractivity contribution in [1.82, 2.24) is 4.90 Å². The minimum absolute atomic E-state index is 0.170. The number of carbonyl (C=O) groups excluding carboxylic acids is 3. The lowest BCUT2D eigenvalue weighted by Gasteiger charge is -2.17. The lowest BCUT2D eigenvalue weighted by Crippen LogP contribution is -2.36. The zero-order chi connectivity index (χ0) is 23.7. The van der Waals surface area contributed by atoms with Crippen molar-refractivity contribution in [3.05, 3.63) is 64.1 Å². The van der Waals surface area contributed by atoms with Crippen LogP contribution in [0.15, 0.2) is 47.4 Å². The number of nitrogens with zero attached hydrogens (tertiary/aromatic N) is 2. The van der Waals surface area contributed by atoms with Gasteiger partial charge in [-0.3, -0.25) is 24.2 Å². The third-order valence-electron chi connectivity index (χ3n) is 5.48. The molecule has 0 radical (unpaired) electrons. The summed E-state index contributed by atoms with van der Waals surface area (Å²) in [6.45, 7) is 4.39. The highest BCUT2D eigenvalue weighted by Gasteiger charge is 2.42. The quantitative estimate of drug-likeness (QED) is 0.503. The molecule has 0 aromatic heterocycles. The van der Waals surface area contributed by atoms with Crippen LogP contribution in [0.2, 0.25) is 0 Å². The maximum absolute atomic E-state index is 13.5. The van der Waals surface area contributed by atoms with Gasteiger partial charge >= 0.3 is 0 Å². The van der Waals surface area contributed by atoms with Crippen LogP contribution in [0.4, 0.5) is 11.4 Å². The van der Waals surface area contributed by atoms with Crippen molar-refractivity contribution < 1.29 is 19.1 Å². The van der Waals surface area contributed by atoms with Gasteiger partial charge in [0.15, 0.2) is 0 Å². The number of thiocarbonyl (C=S) groups is 1. The smallest absolute Gasteiger partial charge is 0.267 e. The molecule has 2 heterocycles. The third-order valence-corrected chi connectivity index (χ3v) is 6.92. The van der Waals surface area contributed by atoms with Crippen LogP contribution in [0.3, 0.4) is 0 Å². The second-order valence-electron chi connectivity index (χ2n) is 7.80. The minimum Gasteiger partial charge on any atom is -0.383 e. The topological polar surface area (TPSA) is 79.0 Å². The zero-order valence-corrected chi connectivity index (χ0v) is 20.1. The Morgan fingerprint density at radius 2 is 1.85 bits per heavy atom. The third kappa shape index (κ3) is 4.44. The second kappa shape index (κ2) is 9.46. The molecule has 1 saturated heterocycles. The van der Waals surface area contributed by atoms with E-state index in [0.29, 0.717) is 34.4 Å². The molecule has 1 N–H and O–H groups in total. The largest absolute Gasteiger partial charge is 0.383 e. The van der Waals surface area contributed by atoms with Gasteiger partial charge in [-0.2, -0.15) is 0 Å². The Labute approximate surface area is 201 Å². The van der Waals surface area contributed by atoms with Crippen LogP contribution in [0.1, 0.15) is 16.7 Å². The van der Waals surface area contributed by atoms with E-state index in [-0.39, 0.29) is 34.7 Å². The highest BCUT2D eigenvalue weighted by atomic mass is 32.2. The van der Waals surface area contributed by atoms with E-state index in [0.717, 1.165) is 22.9 Å². The molecular weight excluding hydrogens is 458 g/mol. The molecular formula is C24H23N3O4S2. The SMILES string of the molecule is COCCN1C(=O)/C(=C2\C(=O)N(CC(=O)Nc3ccc(C)cc3C)c3ccccc32)SC1=S. The summed E-state index contributed by atoms with van der Waals surface area (Å²) in [6.07, 6.45) is 0. The molecule has 7 nitrogen and oxygen atoms in total. The fourth-order valence-electron chi connectivity index (χ4n) is 3.87. The first-order chi connectivity index (χ1) is 15.8. The molecule has 2 aliphatic rings. The number of rotatable bonds is 6. The van der Waals surface area contributed by atoms with Crippen LogP contribution in [0, 0.1) is 13.8 Å². The molecule has 0 aliphatic carbocycles. The number of hydrogen-bond acceptors (Lipinski definition) is 6. The molecule has 0 saturated carbocycles. The number of fused-ring (bicyclic) bond motifs is 1. The van der Waals surface area contributed by atoms with Crippen LogP contribution in [0.25, 0.3) is 5.57 Å². The number of anilines is 2. The number of benzene rings is 2. The summed E-state index contributed by atoms with van der Waals surface area (Å²) < 4.78 is 5.45. The summed E-state index contributed by atoms with van der Waals surface area (Å²) in [6, 6.07) is 12.9. The number of aryl methyl sites for hydroxylation is 2. The average Bonchev–Trinajstić information content (AvgIpc) is 3.21. The van der Waals surface area contributed by atoms with E-state index in [2.05, 4.69) is 5.32 Å². The van der Waals surface area contributed by atoms with Gasteiger partial charge in [0.25, 0.3) is 11.8 Å². The Balaban J connectivity index is 1.63. The predicted molar refractivity (Wildman–Crippen MR) is 134 cm³/mol. The maximum Gasteiger partial charge on any atom is 0.267 e. The van der Waals surface area contributed by atoms with Crippen LogP contribution in [0.5, 0.6) is 0 Å². The molecule has 2 aromatic carbocycles. The summed E-state index contributed by atoms with van der Waals surface area (Å²) in [4.78, 5) is 42.5. The van der Waals surface area contributed by atoms with Gasteiger partial charge in [0.2, 0.25) is 5.91 Å². The summed E-state index contributed by atoms with van der Waals surface area (Å²) in [5, 5.41) is 2.88. The van der Waals surface area contributed by atoms with Gasteiger partial charge in [-0.15, -0.1) is 0 Å². The standard InChI is InChI=1S/C24H23N3O4S2/c1-14-8-9-17(15(2)12-14)25-19(28)13-27-18-7-5-4-6-16(18)20(22(27)29)21-23(30)26(10-11-31-3)24(32)33-21/h4-9,12H,10-11,13H2,1-3H3,(H,25,28)/b21-20+. The highest BCUT2D eigenvalue weighted by Crippen LogP contribution is 2.44. The number of thioether (sulfide) groups is 1. The normalized spacial score (nSPS) is 17.7. The van der Waals surface area contributed by atoms with Gasteiger partial charge < -0.3 is 10.1 Å². The Hall–Kier alpha value is -3.01. The summed E-state index contributed by atoms with van der Waals surface area (Å²) in [5.74, 6) is -1.03. The van der Waals surface area contributed by atoms with Gasteiger partial charge in [0.05, 0.1) is 29.3 Å². The number of methoxy groups -OCH3 is 1. The monoisotopic (exact) mass is 481 g/mol. The molecule has 4 rings (SSSR count). The van der Waals surface area contributed by atoms with E-state index in [4.69, 9.17) is 17.0 Å². The molecule has 1 fully saturated rings. The number of hydrogen-bond donors (Lipinski definition) is 1. The van der Waals surface area contributed by atoms with E-state index in [1.165, 1.54) is 9.80 Å². The van der Waals surface area contributed by atoms with Crippen molar-refractivity contribution in [2.24, 2.45) is 0 Å². The van der Waals surface area contributed by atoms with Gasteiger partial charge in [0, 0.05) is 18.4 Å². The van der Waals surface area contributed by atoms with Crippen LogP contribution in [-0.2, 0) is 19.1 Å². The number of ether oxygens (including phenoxy) is 1. The van der Waals surface area contributed by atoms with E-state index in [1.807, 2.05) is 32.0 Å². The van der Waals surface area contributed by atoms with Crippen molar-refractivity contribution in [2.75, 3.05) is 37.0 Å². The fourth-order valence-corrected chi connectivity index (χ4v) is 5.25. The van der Waals surface area contributed by atoms with E-state index < -0.39 is 0 Å². The predicted octanol–water partition coefficient (Wildman–Crippen LogP) is 3.51. The van der Waals surface area contributed by atoms with E-state index >= 15 is 0 Å². The van der Waals surface area contributed by atoms with Gasteiger partial charge in [-0.1, -0.05) is 59.9 Å². The van der Waals surface area contributed by atoms with Crippen molar-refractivity contribution in [3.8, 4) is 0 Å². The summed E-state index contributed by atoms with van der Waals surface area (Å²) >= 11 is 6.47. The molecule has 9 heteroatoms. The summed E-state index contributed by atoms with van der Waals surface area (Å²) in [7, 11) is 1.55. The molecule has 170 valence electrons. The number of carbonyl (C=O) groups is 3. The number of para-hydroxylation sites is 1. The fraction of sp³-hybridized carbons (Fsp3) is 0.250. The average molecular weight is 482 g/mol. The van der Waals surface area contributed by atoms with Crippen LogP contribution >= 0.6 is 24.0 Å². The molecule has 2 aromatic rings. The van der Waals surface area contributed by atoms with Gasteiger partial charge in [-0.05, 0) is 31.5 Å². The number of amides is 3. The maximum atomic E-state index is 13.5. The zero-order valence-electron chi connectivity index (χ0n) is 18.5. The first kappa shape index (κ1) is 23.2. The molecule has 33 heavy (non-hydrogen) atoms. The Morgan fingerprint density at radius 3 is 2.58 bits per heavy atom. The Morgan fingerprint density at radius 1 is 1.09 bits per heavy atom. The molecule has 2 aliphatic heterocycles. The van der Waals surface area contributed by atoms with Crippen LogP contribution < -0.4 is 10.2 Å². The summed E-state index contributed by atoms with van der Waals surface area (Å²) in [5.41, 5.74) is 4.23. The Kier molecular flexibility index (Phi) is 6.64. The second-order valence-corrected chi connectivity index (χ2v) is 9.44. The Bertz CT molecular complexity index is 1210. The molecule has 0 bridgehead atoms. The lowest BCUT2D eigenvalue weighted by atomic mass is 10.1. The molecule has 0 atom stereocenters. The van der Waals surface area contributed by atoms with Crippen molar-refractivity contribution in [2.45, 2.75) is 13.8 Å². The van der Waals surface area contributed by atoms with Crippen molar-refractivity contribution in [3.63, 3.8) is 0 Å². The first-order valence-electron chi connectivity index (χ1n) is 10.4. The highest BCUT2D eigenvalue weighted by molar-refractivity contribution is 8.26. The molecule has 3 amide bonds. The van der Waals surface area contributed by atoms with Gasteiger partial charge in [0.1, 0.15) is 10.9 Å². The van der Waals surface area contributed by atoms with Gasteiger partial charge in [-0.25, -0.2) is 0 Å². The van der Waals surface area contributed by atoms with E-state index in [9.17, 15) is 14.4 Å². The van der Waals surface area contributed by atoms with E-state index in [1.54, 1.807) is 31.4 Å². The lowest BCUT2D eigenvalue weighted by molar-refractivity contribution is -0.122. The number of nitrogens with one attached hydrogen (secondary N) is 1. The minimum atomic E-state index is -0.390. The molecule has 0 unspecified atom stereocenters. The van der Waals surface area contributed by atoms with Crippen LogP contribution in [-0.4, -0.2) is 53.7 Å². The van der Waals surface area contributed by atoms with Crippen molar-refractivity contribution in [1.29, 1.82) is 0 Å².